The molecule has 0 bridgehead atoms. The standard InChI is InChI=1S/C11H15N3O/c1-14-7-13-10-4-8(2-3-11(10)14)9(5-12)6-15/h2-4,7,9,15H,5-6,12H2,1H3. The summed E-state index contributed by atoms with van der Waals surface area (Å²) in [6.45, 7) is 0.531. The maximum atomic E-state index is 9.15. The Hall–Kier alpha value is -1.39. The molecule has 0 aliphatic heterocycles. The zero-order chi connectivity index (χ0) is 10.8. The first kappa shape index (κ1) is 10.1. The molecule has 0 aliphatic carbocycles. The number of aryl methyl sites for hydroxylation is 1. The number of aliphatic hydroxyl groups excluding tert-OH is 1. The lowest BCUT2D eigenvalue weighted by Crippen LogP contribution is -2.15. The number of nitrogens with zero attached hydrogens (tertiary/aromatic N) is 2. The number of rotatable bonds is 3. The first-order chi connectivity index (χ1) is 7.26. The molecule has 0 amide bonds. The predicted octanol–water partition coefficient (Wildman–Crippen LogP) is 0.608. The second-order valence-electron chi connectivity index (χ2n) is 3.72. The number of nitrogens with two attached hydrogens (primary N) is 1. The number of hydrogen-bond donors (Lipinski definition) is 2. The molecule has 0 spiro atoms. The molecule has 0 radical (unpaired) electrons. The molecule has 0 fully saturated rings. The predicted molar refractivity (Wildman–Crippen MR) is 59.6 cm³/mol. The Kier molecular flexibility index (Phi) is 2.70. The third-order valence-electron chi connectivity index (χ3n) is 2.73. The van der Waals surface area contributed by atoms with Gasteiger partial charge in [0.15, 0.2) is 0 Å². The van der Waals surface area contributed by atoms with Crippen LogP contribution in [0.2, 0.25) is 0 Å². The molecular weight excluding hydrogens is 190 g/mol. The number of aromatic nitrogens is 2. The minimum absolute atomic E-state index is 0.0106. The smallest absolute Gasteiger partial charge is 0.0955 e. The van der Waals surface area contributed by atoms with E-state index in [-0.39, 0.29) is 12.5 Å². The van der Waals surface area contributed by atoms with Gasteiger partial charge in [-0.25, -0.2) is 4.98 Å². The van der Waals surface area contributed by atoms with Crippen LogP contribution in [0, 0.1) is 0 Å². The SMILES string of the molecule is Cn1cnc2cc(C(CN)CO)ccc21. The molecule has 2 rings (SSSR count). The third kappa shape index (κ3) is 1.73. The van der Waals surface area contributed by atoms with E-state index in [2.05, 4.69) is 4.98 Å². The van der Waals surface area contributed by atoms with Crippen LogP contribution in [0.25, 0.3) is 11.0 Å². The van der Waals surface area contributed by atoms with Crippen molar-refractivity contribution >= 4 is 11.0 Å². The average Bonchev–Trinajstić information content (AvgIpc) is 2.62. The Morgan fingerprint density at radius 2 is 2.33 bits per heavy atom. The number of imidazole rings is 1. The Bertz CT molecular complexity index is 460. The van der Waals surface area contributed by atoms with E-state index in [1.54, 1.807) is 6.33 Å². The molecule has 0 aliphatic rings. The number of benzene rings is 1. The van der Waals surface area contributed by atoms with Gasteiger partial charge in [-0.05, 0) is 17.7 Å². The van der Waals surface area contributed by atoms with Crippen molar-refractivity contribution in [2.75, 3.05) is 13.2 Å². The third-order valence-corrected chi connectivity index (χ3v) is 2.73. The van der Waals surface area contributed by atoms with Crippen molar-refractivity contribution in [3.8, 4) is 0 Å². The molecule has 0 saturated carbocycles. The fraction of sp³-hybridized carbons (Fsp3) is 0.364. The molecule has 4 nitrogen and oxygen atoms in total. The Morgan fingerprint density at radius 1 is 1.53 bits per heavy atom. The van der Waals surface area contributed by atoms with Crippen molar-refractivity contribution in [3.63, 3.8) is 0 Å². The molecule has 1 unspecified atom stereocenters. The monoisotopic (exact) mass is 205 g/mol. The van der Waals surface area contributed by atoms with Crippen LogP contribution in [-0.2, 0) is 7.05 Å². The van der Waals surface area contributed by atoms with E-state index in [4.69, 9.17) is 10.8 Å². The van der Waals surface area contributed by atoms with Gasteiger partial charge in [-0.3, -0.25) is 0 Å². The molecular formula is C11H15N3O. The van der Waals surface area contributed by atoms with E-state index >= 15 is 0 Å². The van der Waals surface area contributed by atoms with E-state index in [1.807, 2.05) is 29.8 Å². The number of fused-ring (bicyclic) bond motifs is 1. The second kappa shape index (κ2) is 4.00. The zero-order valence-electron chi connectivity index (χ0n) is 8.72. The lowest BCUT2D eigenvalue weighted by molar-refractivity contribution is 0.268. The molecule has 1 atom stereocenters. The highest BCUT2D eigenvalue weighted by atomic mass is 16.3. The van der Waals surface area contributed by atoms with Gasteiger partial charge in [-0.15, -0.1) is 0 Å². The van der Waals surface area contributed by atoms with E-state index in [1.165, 1.54) is 0 Å². The summed E-state index contributed by atoms with van der Waals surface area (Å²) in [4.78, 5) is 4.27. The molecule has 1 aromatic heterocycles. The van der Waals surface area contributed by atoms with Crippen molar-refractivity contribution in [1.82, 2.24) is 9.55 Å². The summed E-state index contributed by atoms with van der Waals surface area (Å²) in [5.74, 6) is 0.0106. The van der Waals surface area contributed by atoms with Crippen molar-refractivity contribution in [2.24, 2.45) is 12.8 Å². The molecule has 1 aromatic carbocycles. The van der Waals surface area contributed by atoms with Crippen LogP contribution in [0.15, 0.2) is 24.5 Å². The summed E-state index contributed by atoms with van der Waals surface area (Å²) in [7, 11) is 1.96. The first-order valence-electron chi connectivity index (χ1n) is 4.98. The van der Waals surface area contributed by atoms with Crippen LogP contribution < -0.4 is 5.73 Å². The highest BCUT2D eigenvalue weighted by molar-refractivity contribution is 5.76. The Morgan fingerprint density at radius 3 is 3.00 bits per heavy atom. The highest BCUT2D eigenvalue weighted by Gasteiger charge is 2.09. The number of aliphatic hydroxyl groups is 1. The minimum atomic E-state index is 0.0106. The quantitative estimate of drug-likeness (QED) is 0.771. The lowest BCUT2D eigenvalue weighted by Gasteiger charge is -2.11. The summed E-state index contributed by atoms with van der Waals surface area (Å²) in [6.07, 6.45) is 1.78. The summed E-state index contributed by atoms with van der Waals surface area (Å²) < 4.78 is 1.97. The minimum Gasteiger partial charge on any atom is -0.396 e. The van der Waals surface area contributed by atoms with Gasteiger partial charge in [-0.1, -0.05) is 6.07 Å². The molecule has 4 heteroatoms. The van der Waals surface area contributed by atoms with Gasteiger partial charge >= 0.3 is 0 Å². The van der Waals surface area contributed by atoms with E-state index in [0.717, 1.165) is 16.6 Å². The van der Waals surface area contributed by atoms with Crippen LogP contribution in [0.1, 0.15) is 11.5 Å². The highest BCUT2D eigenvalue weighted by Crippen LogP contribution is 2.19. The summed E-state index contributed by atoms with van der Waals surface area (Å²) in [5.41, 5.74) is 8.66. The molecule has 15 heavy (non-hydrogen) atoms. The topological polar surface area (TPSA) is 64.1 Å². The fourth-order valence-electron chi connectivity index (χ4n) is 1.72. The molecule has 3 N–H and O–H groups in total. The van der Waals surface area contributed by atoms with Crippen LogP contribution in [0.4, 0.5) is 0 Å². The summed E-state index contributed by atoms with van der Waals surface area (Å²) >= 11 is 0. The van der Waals surface area contributed by atoms with Gasteiger partial charge in [0.25, 0.3) is 0 Å². The van der Waals surface area contributed by atoms with E-state index < -0.39 is 0 Å². The Balaban J connectivity index is 2.46. The van der Waals surface area contributed by atoms with E-state index in [0.29, 0.717) is 6.54 Å². The Labute approximate surface area is 88.3 Å². The van der Waals surface area contributed by atoms with Crippen molar-refractivity contribution in [3.05, 3.63) is 30.1 Å². The van der Waals surface area contributed by atoms with Crippen molar-refractivity contribution < 1.29 is 5.11 Å². The van der Waals surface area contributed by atoms with Gasteiger partial charge in [0, 0.05) is 19.5 Å². The van der Waals surface area contributed by atoms with Gasteiger partial charge in [0.1, 0.15) is 0 Å². The first-order valence-corrected chi connectivity index (χ1v) is 4.98. The summed E-state index contributed by atoms with van der Waals surface area (Å²) in [6, 6.07) is 6.00. The van der Waals surface area contributed by atoms with E-state index in [9.17, 15) is 0 Å². The fourth-order valence-corrected chi connectivity index (χ4v) is 1.72. The van der Waals surface area contributed by atoms with Gasteiger partial charge in [0.2, 0.25) is 0 Å². The molecule has 80 valence electrons. The maximum Gasteiger partial charge on any atom is 0.0955 e. The van der Waals surface area contributed by atoms with Crippen LogP contribution >= 0.6 is 0 Å². The van der Waals surface area contributed by atoms with Gasteiger partial charge in [-0.2, -0.15) is 0 Å². The van der Waals surface area contributed by atoms with Gasteiger partial charge < -0.3 is 15.4 Å². The number of hydrogen-bond acceptors (Lipinski definition) is 3. The maximum absolute atomic E-state index is 9.15. The molecule has 2 aromatic rings. The zero-order valence-corrected chi connectivity index (χ0v) is 8.72. The molecule has 1 heterocycles. The normalized spacial score (nSPS) is 13.3. The summed E-state index contributed by atoms with van der Waals surface area (Å²) in [5, 5.41) is 9.15. The van der Waals surface area contributed by atoms with Crippen LogP contribution in [0.5, 0.6) is 0 Å². The van der Waals surface area contributed by atoms with Crippen molar-refractivity contribution in [2.45, 2.75) is 5.92 Å². The second-order valence-corrected chi connectivity index (χ2v) is 3.72. The van der Waals surface area contributed by atoms with Gasteiger partial charge in [0.05, 0.1) is 24.0 Å². The van der Waals surface area contributed by atoms with Crippen molar-refractivity contribution in [1.29, 1.82) is 0 Å². The molecule has 0 saturated heterocycles. The van der Waals surface area contributed by atoms with Crippen LogP contribution in [0.3, 0.4) is 0 Å². The largest absolute Gasteiger partial charge is 0.396 e. The average molecular weight is 205 g/mol. The van der Waals surface area contributed by atoms with Crippen LogP contribution in [-0.4, -0.2) is 27.8 Å². The lowest BCUT2D eigenvalue weighted by atomic mass is 10.00.